The van der Waals surface area contributed by atoms with Crippen molar-refractivity contribution >= 4 is 12.2 Å². The lowest BCUT2D eigenvalue weighted by atomic mass is 9.74. The molecule has 100 valence electrons. The molecule has 0 aromatic carbocycles. The molecule has 2 unspecified atom stereocenters. The van der Waals surface area contributed by atoms with Gasteiger partial charge < -0.3 is 10.3 Å². The second-order valence-electron chi connectivity index (χ2n) is 5.62. The molecule has 3 aliphatic rings. The summed E-state index contributed by atoms with van der Waals surface area (Å²) in [6, 6.07) is 1.52. The van der Waals surface area contributed by atoms with Crippen molar-refractivity contribution in [1.82, 2.24) is 15.3 Å². The number of hydrogen-bond donors (Lipinski definition) is 2. The highest BCUT2D eigenvalue weighted by Gasteiger charge is 2.37. The average Bonchev–Trinajstić information content (AvgIpc) is 2.77. The van der Waals surface area contributed by atoms with Gasteiger partial charge in [-0.2, -0.15) is 0 Å². The summed E-state index contributed by atoms with van der Waals surface area (Å²) >= 11 is 0. The first-order chi connectivity index (χ1) is 9.28. The number of fused-ring (bicyclic) bond motifs is 2. The second kappa shape index (κ2) is 5.17. The Labute approximate surface area is 114 Å². The van der Waals surface area contributed by atoms with Crippen molar-refractivity contribution < 1.29 is 0 Å². The molecule has 2 aliphatic heterocycles. The number of nitrogens with zero attached hydrogens (tertiary/aromatic N) is 1. The van der Waals surface area contributed by atoms with Crippen molar-refractivity contribution in [1.29, 1.82) is 0 Å². The van der Waals surface area contributed by atoms with Crippen LogP contribution in [0.3, 0.4) is 0 Å². The van der Waals surface area contributed by atoms with Gasteiger partial charge in [0.15, 0.2) is 0 Å². The van der Waals surface area contributed by atoms with E-state index in [1.54, 1.807) is 6.08 Å². The maximum Gasteiger partial charge on any atom is 0.107 e. The molecule has 1 aromatic heterocycles. The Kier molecular flexibility index (Phi) is 3.38. The summed E-state index contributed by atoms with van der Waals surface area (Å²) in [5, 5.41) is 3.58. The van der Waals surface area contributed by atoms with E-state index in [1.165, 1.54) is 19.3 Å². The van der Waals surface area contributed by atoms with Gasteiger partial charge in [-0.05, 0) is 37.3 Å². The van der Waals surface area contributed by atoms with Crippen LogP contribution < -0.4 is 5.32 Å². The second-order valence-corrected chi connectivity index (χ2v) is 5.62. The number of nitrogens with one attached hydrogen (secondary N) is 2. The van der Waals surface area contributed by atoms with Crippen molar-refractivity contribution in [2.24, 2.45) is 5.92 Å². The number of aromatic nitrogens is 2. The first-order valence-corrected chi connectivity index (χ1v) is 7.05. The molecule has 3 heteroatoms. The van der Waals surface area contributed by atoms with Crippen LogP contribution in [0.4, 0.5) is 0 Å². The van der Waals surface area contributed by atoms with Gasteiger partial charge >= 0.3 is 0 Å². The van der Waals surface area contributed by atoms with Crippen molar-refractivity contribution in [3.8, 4) is 0 Å². The SMILES string of the molecule is C=C/C=C\c1[nH]c(CC2CC3CC(C2)N3)nc1C=C. The van der Waals surface area contributed by atoms with E-state index < -0.39 is 0 Å². The Balaban J connectivity index is 1.70. The van der Waals surface area contributed by atoms with Crippen LogP contribution in [0.1, 0.15) is 36.5 Å². The minimum absolute atomic E-state index is 0.762. The quantitative estimate of drug-likeness (QED) is 0.794. The fourth-order valence-electron chi connectivity index (χ4n) is 3.32. The molecular formula is C16H21N3. The predicted octanol–water partition coefficient (Wildman–Crippen LogP) is 2.93. The van der Waals surface area contributed by atoms with E-state index >= 15 is 0 Å². The van der Waals surface area contributed by atoms with E-state index in [4.69, 9.17) is 0 Å². The lowest BCUT2D eigenvalue weighted by Gasteiger charge is -2.46. The molecule has 2 bridgehead atoms. The fourth-order valence-corrected chi connectivity index (χ4v) is 3.32. The minimum atomic E-state index is 0.762. The highest BCUT2D eigenvalue weighted by Crippen LogP contribution is 2.34. The number of piperidine rings is 1. The third kappa shape index (κ3) is 2.56. The molecule has 3 fully saturated rings. The van der Waals surface area contributed by atoms with Crippen LogP contribution in [0.25, 0.3) is 12.2 Å². The Morgan fingerprint density at radius 2 is 1.95 bits per heavy atom. The topological polar surface area (TPSA) is 40.7 Å². The molecule has 0 radical (unpaired) electrons. The summed E-state index contributed by atoms with van der Waals surface area (Å²) in [5.74, 6) is 1.86. The first kappa shape index (κ1) is 12.4. The molecule has 19 heavy (non-hydrogen) atoms. The van der Waals surface area contributed by atoms with Gasteiger partial charge in [-0.1, -0.05) is 25.3 Å². The molecule has 4 rings (SSSR count). The van der Waals surface area contributed by atoms with Crippen molar-refractivity contribution in [3.05, 3.63) is 42.5 Å². The number of hydrogen-bond acceptors (Lipinski definition) is 2. The zero-order valence-electron chi connectivity index (χ0n) is 11.2. The normalized spacial score (nSPS) is 29.2. The van der Waals surface area contributed by atoms with Crippen LogP contribution in [0.15, 0.2) is 25.3 Å². The monoisotopic (exact) mass is 255 g/mol. The Hall–Kier alpha value is -1.61. The zero-order chi connectivity index (χ0) is 13.2. The van der Waals surface area contributed by atoms with Crippen LogP contribution in [-0.4, -0.2) is 22.1 Å². The summed E-state index contributed by atoms with van der Waals surface area (Å²) in [7, 11) is 0. The van der Waals surface area contributed by atoms with E-state index in [2.05, 4.69) is 28.4 Å². The van der Waals surface area contributed by atoms with Crippen LogP contribution in [-0.2, 0) is 6.42 Å². The van der Waals surface area contributed by atoms with Crippen LogP contribution in [0.2, 0.25) is 0 Å². The maximum atomic E-state index is 4.64. The van der Waals surface area contributed by atoms with Gasteiger partial charge in [0.05, 0.1) is 11.4 Å². The number of H-pyrrole nitrogens is 1. The average molecular weight is 255 g/mol. The molecule has 1 aliphatic carbocycles. The summed E-state index contributed by atoms with van der Waals surface area (Å²) in [4.78, 5) is 8.04. The van der Waals surface area contributed by atoms with Crippen molar-refractivity contribution in [2.75, 3.05) is 0 Å². The molecule has 2 atom stereocenters. The van der Waals surface area contributed by atoms with Crippen LogP contribution in [0.5, 0.6) is 0 Å². The van der Waals surface area contributed by atoms with Gasteiger partial charge in [0.1, 0.15) is 5.82 Å². The fraction of sp³-hybridized carbons (Fsp3) is 0.438. The maximum absolute atomic E-state index is 4.64. The summed E-state index contributed by atoms with van der Waals surface area (Å²) in [5.41, 5.74) is 1.97. The smallest absolute Gasteiger partial charge is 0.107 e. The third-order valence-electron chi connectivity index (χ3n) is 4.16. The lowest BCUT2D eigenvalue weighted by molar-refractivity contribution is 0.127. The van der Waals surface area contributed by atoms with Gasteiger partial charge in [-0.25, -0.2) is 4.98 Å². The summed E-state index contributed by atoms with van der Waals surface area (Å²) < 4.78 is 0. The molecule has 2 saturated heterocycles. The molecule has 1 saturated carbocycles. The number of aromatic amines is 1. The van der Waals surface area contributed by atoms with Gasteiger partial charge in [0, 0.05) is 18.5 Å². The first-order valence-electron chi connectivity index (χ1n) is 7.05. The third-order valence-corrected chi connectivity index (χ3v) is 4.16. The Morgan fingerprint density at radius 3 is 2.58 bits per heavy atom. The predicted molar refractivity (Wildman–Crippen MR) is 79.7 cm³/mol. The highest BCUT2D eigenvalue weighted by atomic mass is 15.0. The molecule has 0 amide bonds. The zero-order valence-corrected chi connectivity index (χ0v) is 11.2. The van der Waals surface area contributed by atoms with Crippen LogP contribution in [0, 0.1) is 5.92 Å². The van der Waals surface area contributed by atoms with Gasteiger partial charge in [0.2, 0.25) is 0 Å². The van der Waals surface area contributed by atoms with E-state index in [-0.39, 0.29) is 0 Å². The van der Waals surface area contributed by atoms with Gasteiger partial charge in [-0.3, -0.25) is 0 Å². The molecule has 0 spiro atoms. The Morgan fingerprint density at radius 1 is 1.21 bits per heavy atom. The molecule has 3 nitrogen and oxygen atoms in total. The van der Waals surface area contributed by atoms with Gasteiger partial charge in [0.25, 0.3) is 0 Å². The lowest BCUT2D eigenvalue weighted by Crippen LogP contribution is -2.58. The van der Waals surface area contributed by atoms with Crippen molar-refractivity contribution in [3.63, 3.8) is 0 Å². The molecule has 1 aromatic rings. The van der Waals surface area contributed by atoms with Crippen LogP contribution >= 0.6 is 0 Å². The summed E-state index contributed by atoms with van der Waals surface area (Å²) in [6.45, 7) is 7.52. The standard InChI is InChI=1S/C16H21N3/c1-3-5-6-15-14(4-2)18-16(19-15)9-11-7-12-10-13(8-11)17-12/h3-6,11-13,17H,1-2,7-10H2,(H,18,19)/b6-5-. The Bertz CT molecular complexity index is 496. The van der Waals surface area contributed by atoms with E-state index in [9.17, 15) is 0 Å². The molecule has 2 N–H and O–H groups in total. The van der Waals surface area contributed by atoms with E-state index in [1.807, 2.05) is 18.2 Å². The van der Waals surface area contributed by atoms with E-state index in [0.29, 0.717) is 0 Å². The molecule has 3 heterocycles. The minimum Gasteiger partial charge on any atom is -0.342 e. The van der Waals surface area contributed by atoms with E-state index in [0.717, 1.165) is 41.6 Å². The number of rotatable bonds is 5. The van der Waals surface area contributed by atoms with Crippen molar-refractivity contribution in [2.45, 2.75) is 37.8 Å². The van der Waals surface area contributed by atoms with Gasteiger partial charge in [-0.15, -0.1) is 0 Å². The number of imidazole rings is 1. The largest absolute Gasteiger partial charge is 0.342 e. The highest BCUT2D eigenvalue weighted by molar-refractivity contribution is 5.59. The summed E-state index contributed by atoms with van der Waals surface area (Å²) in [6.07, 6.45) is 12.5. The molecular weight excluding hydrogens is 234 g/mol. The number of allylic oxidation sites excluding steroid dienone is 2.